The molecule has 30 heavy (non-hydrogen) atoms. The number of thiophene rings is 1. The molecule has 0 aliphatic carbocycles. The van der Waals surface area contributed by atoms with Crippen LogP contribution in [0.4, 0.5) is 0 Å². The number of rotatable bonds is 9. The molecular formula is C22H31N3O3S2. The SMILES string of the molecule is CCN(CC)C(CNC(=O)C(c1ccccc1)N1CCS(=O)(=O)CC1)c1ccsc1. The Morgan fingerprint density at radius 2 is 1.77 bits per heavy atom. The molecule has 1 saturated heterocycles. The Bertz CT molecular complexity index is 883. The summed E-state index contributed by atoms with van der Waals surface area (Å²) in [4.78, 5) is 17.7. The minimum atomic E-state index is -3.01. The van der Waals surface area contributed by atoms with Gasteiger partial charge >= 0.3 is 0 Å². The van der Waals surface area contributed by atoms with Crippen LogP contribution < -0.4 is 5.32 Å². The molecule has 1 aromatic carbocycles. The van der Waals surface area contributed by atoms with Crippen LogP contribution in [0.3, 0.4) is 0 Å². The van der Waals surface area contributed by atoms with Crippen molar-refractivity contribution in [1.29, 1.82) is 0 Å². The molecule has 2 aromatic rings. The smallest absolute Gasteiger partial charge is 0.242 e. The van der Waals surface area contributed by atoms with Crippen molar-refractivity contribution in [3.63, 3.8) is 0 Å². The maximum atomic E-state index is 13.4. The van der Waals surface area contributed by atoms with Crippen LogP contribution in [-0.4, -0.2) is 68.4 Å². The number of sulfone groups is 1. The van der Waals surface area contributed by atoms with Crippen molar-refractivity contribution in [3.05, 3.63) is 58.3 Å². The highest BCUT2D eigenvalue weighted by Crippen LogP contribution is 2.25. The van der Waals surface area contributed by atoms with Crippen LogP contribution in [0.2, 0.25) is 0 Å². The van der Waals surface area contributed by atoms with Crippen LogP contribution in [0.15, 0.2) is 47.2 Å². The van der Waals surface area contributed by atoms with Crippen molar-refractivity contribution in [1.82, 2.24) is 15.1 Å². The van der Waals surface area contributed by atoms with Gasteiger partial charge in [0.25, 0.3) is 0 Å². The molecule has 1 N–H and O–H groups in total. The van der Waals surface area contributed by atoms with Crippen LogP contribution in [0.1, 0.15) is 37.1 Å². The molecule has 1 aliphatic heterocycles. The second kappa shape index (κ2) is 10.5. The highest BCUT2D eigenvalue weighted by atomic mass is 32.2. The molecule has 1 amide bonds. The highest BCUT2D eigenvalue weighted by molar-refractivity contribution is 7.91. The van der Waals surface area contributed by atoms with Crippen molar-refractivity contribution in [2.75, 3.05) is 44.2 Å². The van der Waals surface area contributed by atoms with Gasteiger partial charge in [-0.25, -0.2) is 8.42 Å². The maximum Gasteiger partial charge on any atom is 0.242 e. The topological polar surface area (TPSA) is 69.7 Å². The molecule has 0 bridgehead atoms. The lowest BCUT2D eigenvalue weighted by molar-refractivity contribution is -0.127. The Hall–Kier alpha value is -1.74. The van der Waals surface area contributed by atoms with E-state index in [0.717, 1.165) is 18.7 Å². The number of carbonyl (C=O) groups is 1. The van der Waals surface area contributed by atoms with E-state index in [-0.39, 0.29) is 23.5 Å². The second-order valence-electron chi connectivity index (χ2n) is 7.54. The molecule has 2 unspecified atom stereocenters. The fourth-order valence-corrected chi connectivity index (χ4v) is 5.97. The van der Waals surface area contributed by atoms with Gasteiger partial charge in [-0.1, -0.05) is 44.2 Å². The lowest BCUT2D eigenvalue weighted by atomic mass is 10.0. The first-order chi connectivity index (χ1) is 14.4. The summed E-state index contributed by atoms with van der Waals surface area (Å²) >= 11 is 1.66. The third kappa shape index (κ3) is 5.69. The quantitative estimate of drug-likeness (QED) is 0.637. The summed E-state index contributed by atoms with van der Waals surface area (Å²) in [5.41, 5.74) is 2.11. The van der Waals surface area contributed by atoms with Gasteiger partial charge in [-0.05, 0) is 41.0 Å². The fourth-order valence-electron chi connectivity index (χ4n) is 4.03. The maximum absolute atomic E-state index is 13.4. The number of nitrogens with one attached hydrogen (secondary N) is 1. The van der Waals surface area contributed by atoms with Gasteiger partial charge in [-0.15, -0.1) is 0 Å². The zero-order chi connectivity index (χ0) is 21.6. The first-order valence-electron chi connectivity index (χ1n) is 10.5. The van der Waals surface area contributed by atoms with E-state index < -0.39 is 15.9 Å². The summed E-state index contributed by atoms with van der Waals surface area (Å²) in [7, 11) is -3.01. The predicted octanol–water partition coefficient (Wildman–Crippen LogP) is 2.72. The zero-order valence-electron chi connectivity index (χ0n) is 17.7. The summed E-state index contributed by atoms with van der Waals surface area (Å²) < 4.78 is 23.8. The number of carbonyl (C=O) groups excluding carboxylic acids is 1. The minimum Gasteiger partial charge on any atom is -0.353 e. The van der Waals surface area contributed by atoms with Gasteiger partial charge in [0.2, 0.25) is 5.91 Å². The van der Waals surface area contributed by atoms with Crippen molar-refractivity contribution < 1.29 is 13.2 Å². The van der Waals surface area contributed by atoms with Crippen molar-refractivity contribution >= 4 is 27.1 Å². The number of likely N-dealkylation sites (N-methyl/N-ethyl adjacent to an activating group) is 1. The molecule has 2 atom stereocenters. The zero-order valence-corrected chi connectivity index (χ0v) is 19.3. The average Bonchev–Trinajstić information content (AvgIpc) is 3.28. The monoisotopic (exact) mass is 449 g/mol. The van der Waals surface area contributed by atoms with Gasteiger partial charge in [-0.2, -0.15) is 11.3 Å². The first kappa shape index (κ1) is 22.9. The minimum absolute atomic E-state index is 0.0760. The van der Waals surface area contributed by atoms with Gasteiger partial charge < -0.3 is 5.32 Å². The normalized spacial score (nSPS) is 18.8. The third-order valence-electron chi connectivity index (χ3n) is 5.76. The number of nitrogens with zero attached hydrogens (tertiary/aromatic N) is 2. The molecule has 8 heteroatoms. The molecule has 0 radical (unpaired) electrons. The highest BCUT2D eigenvalue weighted by Gasteiger charge is 2.33. The van der Waals surface area contributed by atoms with Crippen LogP contribution in [0.25, 0.3) is 0 Å². The third-order valence-corrected chi connectivity index (χ3v) is 8.07. The van der Waals surface area contributed by atoms with Crippen LogP contribution >= 0.6 is 11.3 Å². The van der Waals surface area contributed by atoms with E-state index in [0.29, 0.717) is 19.6 Å². The summed E-state index contributed by atoms with van der Waals surface area (Å²) in [5, 5.41) is 7.37. The Morgan fingerprint density at radius 3 is 2.33 bits per heavy atom. The largest absolute Gasteiger partial charge is 0.353 e. The fraction of sp³-hybridized carbons (Fsp3) is 0.500. The molecule has 0 saturated carbocycles. The molecule has 0 spiro atoms. The van der Waals surface area contributed by atoms with E-state index >= 15 is 0 Å². The van der Waals surface area contributed by atoms with Gasteiger partial charge in [0.05, 0.1) is 17.5 Å². The van der Waals surface area contributed by atoms with E-state index in [9.17, 15) is 13.2 Å². The molecule has 3 rings (SSSR count). The molecule has 1 fully saturated rings. The van der Waals surface area contributed by atoms with E-state index in [4.69, 9.17) is 0 Å². The van der Waals surface area contributed by atoms with Crippen LogP contribution in [0.5, 0.6) is 0 Å². The molecule has 164 valence electrons. The standard InChI is InChI=1S/C22H31N3O3S2/c1-3-24(4-2)20(19-10-13-29-17-19)16-23-22(26)21(18-8-6-5-7-9-18)25-11-14-30(27,28)15-12-25/h5-10,13,17,20-21H,3-4,11-12,14-16H2,1-2H3,(H,23,26). The van der Waals surface area contributed by atoms with Crippen molar-refractivity contribution in [3.8, 4) is 0 Å². The van der Waals surface area contributed by atoms with E-state index in [2.05, 4.69) is 40.9 Å². The van der Waals surface area contributed by atoms with Gasteiger partial charge in [0.15, 0.2) is 9.84 Å². The van der Waals surface area contributed by atoms with E-state index in [1.54, 1.807) is 11.3 Å². The lowest BCUT2D eigenvalue weighted by Crippen LogP contribution is -2.48. The molecule has 1 aliphatic rings. The first-order valence-corrected chi connectivity index (χ1v) is 13.2. The second-order valence-corrected chi connectivity index (χ2v) is 10.6. The Labute approximate surface area is 183 Å². The number of benzene rings is 1. The number of amides is 1. The summed E-state index contributed by atoms with van der Waals surface area (Å²) in [6.07, 6.45) is 0. The Kier molecular flexibility index (Phi) is 8.05. The van der Waals surface area contributed by atoms with Gasteiger partial charge in [0.1, 0.15) is 6.04 Å². The average molecular weight is 450 g/mol. The van der Waals surface area contributed by atoms with Crippen LogP contribution in [0, 0.1) is 0 Å². The van der Waals surface area contributed by atoms with E-state index in [1.165, 1.54) is 5.56 Å². The van der Waals surface area contributed by atoms with Crippen molar-refractivity contribution in [2.24, 2.45) is 0 Å². The van der Waals surface area contributed by atoms with Gasteiger partial charge in [-0.3, -0.25) is 14.6 Å². The summed E-state index contributed by atoms with van der Waals surface area (Å²) in [5.74, 6) is 0.120. The van der Waals surface area contributed by atoms with E-state index in [1.807, 2.05) is 35.2 Å². The number of hydrogen-bond donors (Lipinski definition) is 1. The summed E-state index contributed by atoms with van der Waals surface area (Å²) in [6, 6.07) is 11.4. The van der Waals surface area contributed by atoms with Crippen LogP contribution in [-0.2, 0) is 14.6 Å². The number of hydrogen-bond acceptors (Lipinski definition) is 6. The van der Waals surface area contributed by atoms with Gasteiger partial charge in [0, 0.05) is 19.6 Å². The molecule has 1 aromatic heterocycles. The molecule has 2 heterocycles. The Balaban J connectivity index is 1.77. The molecular weight excluding hydrogens is 418 g/mol. The lowest BCUT2D eigenvalue weighted by Gasteiger charge is -2.35. The Morgan fingerprint density at radius 1 is 1.10 bits per heavy atom. The predicted molar refractivity (Wildman–Crippen MR) is 122 cm³/mol. The molecule has 6 nitrogen and oxygen atoms in total. The van der Waals surface area contributed by atoms with Crippen molar-refractivity contribution in [2.45, 2.75) is 25.9 Å². The summed E-state index contributed by atoms with van der Waals surface area (Å²) in [6.45, 7) is 7.33.